The zero-order valence-corrected chi connectivity index (χ0v) is 16.8. The molecule has 0 saturated heterocycles. The van der Waals surface area contributed by atoms with Crippen molar-refractivity contribution in [2.75, 3.05) is 32.8 Å². The van der Waals surface area contributed by atoms with Crippen molar-refractivity contribution in [3.05, 3.63) is 59.9 Å². The van der Waals surface area contributed by atoms with Gasteiger partial charge in [-0.25, -0.2) is 4.39 Å². The van der Waals surface area contributed by atoms with Crippen LogP contribution in [-0.4, -0.2) is 43.8 Å². The molecule has 0 aliphatic carbocycles. The fraction of sp³-hybridized carbons (Fsp3) is 0.409. The number of fused-ring (bicyclic) bond motifs is 1. The lowest BCUT2D eigenvalue weighted by Crippen LogP contribution is -2.39. The summed E-state index contributed by atoms with van der Waals surface area (Å²) < 4.78 is 24.3. The fourth-order valence-electron chi connectivity index (χ4n) is 3.11. The molecule has 0 saturated carbocycles. The number of aromatic nitrogens is 1. The molecule has 0 atom stereocenters. The number of guanidine groups is 1. The number of nitrogens with one attached hydrogen (secondary N) is 3. The van der Waals surface area contributed by atoms with Crippen LogP contribution in [0.25, 0.3) is 10.9 Å². The second-order valence-corrected chi connectivity index (χ2v) is 6.72. The Kier molecular flexibility index (Phi) is 8.12. The third-order valence-corrected chi connectivity index (χ3v) is 4.58. The van der Waals surface area contributed by atoms with Gasteiger partial charge in [-0.1, -0.05) is 0 Å². The maximum Gasteiger partial charge on any atom is 0.191 e. The molecular formula is C22H29FN4O2. The largest absolute Gasteiger partial charge is 0.469 e. The quantitative estimate of drug-likeness (QED) is 0.261. The number of furan rings is 1. The van der Waals surface area contributed by atoms with Crippen LogP contribution in [0.2, 0.25) is 0 Å². The Hall–Kier alpha value is -2.80. The molecule has 6 nitrogen and oxygen atoms in total. The van der Waals surface area contributed by atoms with E-state index in [1.54, 1.807) is 18.4 Å². The lowest BCUT2D eigenvalue weighted by atomic mass is 10.1. The first-order valence-electron chi connectivity index (χ1n) is 10.1. The van der Waals surface area contributed by atoms with Gasteiger partial charge in [-0.05, 0) is 55.7 Å². The second kappa shape index (κ2) is 11.3. The zero-order valence-electron chi connectivity index (χ0n) is 16.8. The maximum atomic E-state index is 13.6. The van der Waals surface area contributed by atoms with E-state index < -0.39 is 0 Å². The van der Waals surface area contributed by atoms with E-state index in [-0.39, 0.29) is 5.82 Å². The first kappa shape index (κ1) is 20.9. The molecule has 3 N–H and O–H groups in total. The summed E-state index contributed by atoms with van der Waals surface area (Å²) >= 11 is 0. The summed E-state index contributed by atoms with van der Waals surface area (Å²) in [5, 5.41) is 7.64. The number of hydrogen-bond acceptors (Lipinski definition) is 3. The number of aliphatic imine (C=N–C) groups is 1. The summed E-state index contributed by atoms with van der Waals surface area (Å²) in [6, 6.07) is 8.66. The molecule has 2 aromatic heterocycles. The molecular weight excluding hydrogens is 371 g/mol. The molecule has 2 heterocycles. The van der Waals surface area contributed by atoms with Gasteiger partial charge >= 0.3 is 0 Å². The maximum absolute atomic E-state index is 13.6. The average molecular weight is 400 g/mol. The van der Waals surface area contributed by atoms with Crippen LogP contribution in [-0.2, 0) is 17.6 Å². The number of aromatic amines is 1. The van der Waals surface area contributed by atoms with Gasteiger partial charge in [-0.15, -0.1) is 0 Å². The van der Waals surface area contributed by atoms with Crippen LogP contribution in [0.5, 0.6) is 0 Å². The smallest absolute Gasteiger partial charge is 0.191 e. The minimum atomic E-state index is -0.220. The van der Waals surface area contributed by atoms with Gasteiger partial charge in [0.05, 0.1) is 6.26 Å². The van der Waals surface area contributed by atoms with Gasteiger partial charge in [0.1, 0.15) is 11.6 Å². The van der Waals surface area contributed by atoms with Gasteiger partial charge in [0, 0.05) is 56.4 Å². The molecule has 0 spiro atoms. The van der Waals surface area contributed by atoms with Crippen molar-refractivity contribution in [3.8, 4) is 0 Å². The van der Waals surface area contributed by atoms with E-state index in [0.29, 0.717) is 19.7 Å². The highest BCUT2D eigenvalue weighted by molar-refractivity contribution is 5.83. The van der Waals surface area contributed by atoms with E-state index in [9.17, 15) is 4.39 Å². The Bertz CT molecular complexity index is 889. The van der Waals surface area contributed by atoms with Gasteiger partial charge < -0.3 is 24.8 Å². The Labute approximate surface area is 170 Å². The van der Waals surface area contributed by atoms with E-state index >= 15 is 0 Å². The summed E-state index contributed by atoms with van der Waals surface area (Å²) in [5.41, 5.74) is 2.03. The molecule has 3 rings (SSSR count). The average Bonchev–Trinajstić information content (AvgIpc) is 3.37. The Morgan fingerprint density at radius 2 is 2.07 bits per heavy atom. The molecule has 0 aliphatic heterocycles. The van der Waals surface area contributed by atoms with Gasteiger partial charge in [0.25, 0.3) is 0 Å². The Morgan fingerprint density at radius 1 is 1.21 bits per heavy atom. The molecule has 0 bridgehead atoms. The third-order valence-electron chi connectivity index (χ3n) is 4.58. The Morgan fingerprint density at radius 3 is 2.86 bits per heavy atom. The molecule has 0 aliphatic rings. The van der Waals surface area contributed by atoms with Crippen LogP contribution in [0.1, 0.15) is 24.7 Å². The SMILES string of the molecule is CCOCCCN=C(NCCc1ccco1)NCCc1c[nH]c2ccc(F)cc12. The molecule has 0 unspecified atom stereocenters. The van der Waals surface area contributed by atoms with E-state index in [1.807, 2.05) is 25.3 Å². The molecule has 29 heavy (non-hydrogen) atoms. The molecule has 7 heteroatoms. The van der Waals surface area contributed by atoms with Gasteiger partial charge in [-0.3, -0.25) is 4.99 Å². The highest BCUT2D eigenvalue weighted by Gasteiger charge is 2.06. The van der Waals surface area contributed by atoms with Crippen LogP contribution in [0.4, 0.5) is 4.39 Å². The van der Waals surface area contributed by atoms with Crippen LogP contribution in [0.15, 0.2) is 52.2 Å². The van der Waals surface area contributed by atoms with Gasteiger partial charge in [0.15, 0.2) is 5.96 Å². The number of nitrogens with zero attached hydrogens (tertiary/aromatic N) is 1. The highest BCUT2D eigenvalue weighted by atomic mass is 19.1. The standard InChI is InChI=1S/C22H29FN4O2/c1-2-28-13-4-10-24-22(26-12-9-19-5-3-14-29-19)25-11-8-17-16-27-21-7-6-18(23)15-20(17)21/h3,5-7,14-16,27H,2,4,8-13H2,1H3,(H2,24,25,26). The van der Waals surface area contributed by atoms with Crippen molar-refractivity contribution in [2.24, 2.45) is 4.99 Å². The van der Waals surface area contributed by atoms with Crippen molar-refractivity contribution < 1.29 is 13.5 Å². The summed E-state index contributed by atoms with van der Waals surface area (Å²) in [5.74, 6) is 1.48. The summed E-state index contributed by atoms with van der Waals surface area (Å²) in [6.45, 7) is 5.53. The van der Waals surface area contributed by atoms with E-state index in [2.05, 4.69) is 20.6 Å². The molecule has 1 aromatic carbocycles. The number of benzene rings is 1. The lowest BCUT2D eigenvalue weighted by molar-refractivity contribution is 0.146. The van der Waals surface area contributed by atoms with Crippen molar-refractivity contribution in [2.45, 2.75) is 26.2 Å². The lowest BCUT2D eigenvalue weighted by Gasteiger charge is -2.12. The van der Waals surface area contributed by atoms with E-state index in [1.165, 1.54) is 6.07 Å². The second-order valence-electron chi connectivity index (χ2n) is 6.72. The van der Waals surface area contributed by atoms with Crippen LogP contribution in [0, 0.1) is 5.82 Å². The molecule has 3 aromatic rings. The number of rotatable bonds is 11. The van der Waals surface area contributed by atoms with Gasteiger partial charge in [-0.2, -0.15) is 0 Å². The number of ether oxygens (including phenoxy) is 1. The number of hydrogen-bond donors (Lipinski definition) is 3. The fourth-order valence-corrected chi connectivity index (χ4v) is 3.11. The minimum Gasteiger partial charge on any atom is -0.469 e. The van der Waals surface area contributed by atoms with Crippen molar-refractivity contribution >= 4 is 16.9 Å². The van der Waals surface area contributed by atoms with Gasteiger partial charge in [0.2, 0.25) is 0 Å². The topological polar surface area (TPSA) is 74.6 Å². The third kappa shape index (κ3) is 6.64. The molecule has 0 radical (unpaired) electrons. The Balaban J connectivity index is 1.51. The highest BCUT2D eigenvalue weighted by Crippen LogP contribution is 2.19. The predicted molar refractivity (Wildman–Crippen MR) is 114 cm³/mol. The zero-order chi connectivity index (χ0) is 20.3. The minimum absolute atomic E-state index is 0.220. The molecule has 0 amide bonds. The normalized spacial score (nSPS) is 11.9. The molecule has 0 fully saturated rings. The van der Waals surface area contributed by atoms with Crippen LogP contribution in [0.3, 0.4) is 0 Å². The number of halogens is 1. The van der Waals surface area contributed by atoms with Crippen LogP contribution < -0.4 is 10.6 Å². The predicted octanol–water partition coefficient (Wildman–Crippen LogP) is 3.65. The molecule has 156 valence electrons. The summed E-state index contributed by atoms with van der Waals surface area (Å²) in [4.78, 5) is 7.82. The van der Waals surface area contributed by atoms with Crippen molar-refractivity contribution in [1.29, 1.82) is 0 Å². The summed E-state index contributed by atoms with van der Waals surface area (Å²) in [7, 11) is 0. The monoisotopic (exact) mass is 400 g/mol. The van der Waals surface area contributed by atoms with Crippen LogP contribution >= 0.6 is 0 Å². The first-order chi connectivity index (χ1) is 14.3. The first-order valence-corrected chi connectivity index (χ1v) is 10.1. The van der Waals surface area contributed by atoms with Crippen molar-refractivity contribution in [3.63, 3.8) is 0 Å². The van der Waals surface area contributed by atoms with E-state index in [4.69, 9.17) is 9.15 Å². The van der Waals surface area contributed by atoms with Crippen molar-refractivity contribution in [1.82, 2.24) is 15.6 Å². The number of H-pyrrole nitrogens is 1. The summed E-state index contributed by atoms with van der Waals surface area (Å²) in [6.07, 6.45) is 6.05. The van der Waals surface area contributed by atoms with E-state index in [0.717, 1.165) is 60.6 Å².